The molecule has 3 aromatic carbocycles. The summed E-state index contributed by atoms with van der Waals surface area (Å²) in [5, 5.41) is 0. The molecule has 0 saturated heterocycles. The Labute approximate surface area is 193 Å². The maximum Gasteiger partial charge on any atom is 0.297 e. The first-order valence-corrected chi connectivity index (χ1v) is 12.0. The fourth-order valence-corrected chi connectivity index (χ4v) is 4.37. The average Bonchev–Trinajstić information content (AvgIpc) is 2.77. The minimum Gasteiger partial charge on any atom is -0.490 e. The lowest BCUT2D eigenvalue weighted by Crippen LogP contribution is -2.34. The number of hydrogen-bond acceptors (Lipinski definition) is 6. The molecule has 0 fully saturated rings. The van der Waals surface area contributed by atoms with Gasteiger partial charge in [-0.3, -0.25) is 4.18 Å². The minimum atomic E-state index is -3.94. The third-order valence-electron chi connectivity index (χ3n) is 5.00. The van der Waals surface area contributed by atoms with Gasteiger partial charge in [0.25, 0.3) is 10.1 Å². The van der Waals surface area contributed by atoms with Gasteiger partial charge in [-0.2, -0.15) is 8.42 Å². The van der Waals surface area contributed by atoms with Crippen LogP contribution in [0.5, 0.6) is 17.2 Å². The van der Waals surface area contributed by atoms with Gasteiger partial charge in [0.05, 0.1) is 11.0 Å². The number of para-hydroxylation sites is 1. The van der Waals surface area contributed by atoms with Gasteiger partial charge in [0.15, 0.2) is 17.6 Å². The van der Waals surface area contributed by atoms with Gasteiger partial charge in [0.2, 0.25) is 0 Å². The van der Waals surface area contributed by atoms with Gasteiger partial charge in [-0.05, 0) is 51.1 Å². The van der Waals surface area contributed by atoms with Crippen molar-refractivity contribution in [3.63, 3.8) is 0 Å². The monoisotopic (exact) mass is 472 g/mol. The summed E-state index contributed by atoms with van der Waals surface area (Å²) in [6.45, 7) is 5.49. The van der Waals surface area contributed by atoms with Crippen LogP contribution in [0, 0.1) is 12.7 Å². The summed E-state index contributed by atoms with van der Waals surface area (Å²) in [5.41, 5.74) is 2.23. The van der Waals surface area contributed by atoms with Gasteiger partial charge in [-0.15, -0.1) is 0 Å². The van der Waals surface area contributed by atoms with E-state index in [1.54, 1.807) is 30.3 Å². The number of halogens is 1. The highest BCUT2D eigenvalue weighted by atomic mass is 32.2. The summed E-state index contributed by atoms with van der Waals surface area (Å²) in [6.07, 6.45) is -0.816. The van der Waals surface area contributed by atoms with E-state index in [0.29, 0.717) is 28.4 Å². The standard InChI is InChI=1S/C25H25FO6S/c1-16(2)31-24-13-18(26)9-12-21(24)22-5-4-6-23-25(22)32-19(14-29-23)15-30-33(27,28)20-10-7-17(3)8-11-20/h4-13,16,19H,14-15H2,1-3H3/t19-/m1/s1. The Morgan fingerprint density at radius 1 is 1.06 bits per heavy atom. The summed E-state index contributed by atoms with van der Waals surface area (Å²) in [7, 11) is -3.94. The molecule has 0 aromatic heterocycles. The van der Waals surface area contributed by atoms with Crippen LogP contribution >= 0.6 is 0 Å². The van der Waals surface area contributed by atoms with E-state index in [4.69, 9.17) is 18.4 Å². The molecule has 1 atom stereocenters. The first kappa shape index (κ1) is 23.1. The smallest absolute Gasteiger partial charge is 0.297 e. The molecular weight excluding hydrogens is 447 g/mol. The Morgan fingerprint density at radius 3 is 2.55 bits per heavy atom. The molecule has 6 nitrogen and oxygen atoms in total. The molecule has 0 radical (unpaired) electrons. The van der Waals surface area contributed by atoms with E-state index < -0.39 is 22.0 Å². The summed E-state index contributed by atoms with van der Waals surface area (Å²) in [6, 6.07) is 16.1. The first-order chi connectivity index (χ1) is 15.7. The molecule has 1 aliphatic heterocycles. The van der Waals surface area contributed by atoms with E-state index in [1.807, 2.05) is 26.8 Å². The second-order valence-electron chi connectivity index (χ2n) is 8.04. The summed E-state index contributed by atoms with van der Waals surface area (Å²) in [4.78, 5) is 0.0766. The van der Waals surface area contributed by atoms with Crippen molar-refractivity contribution in [1.82, 2.24) is 0 Å². The van der Waals surface area contributed by atoms with Crippen LogP contribution in [-0.2, 0) is 14.3 Å². The van der Waals surface area contributed by atoms with E-state index in [9.17, 15) is 12.8 Å². The van der Waals surface area contributed by atoms with Gasteiger partial charge in [0.1, 0.15) is 24.8 Å². The molecular formula is C25H25FO6S. The molecule has 0 amide bonds. The zero-order valence-corrected chi connectivity index (χ0v) is 19.4. The first-order valence-electron chi connectivity index (χ1n) is 10.6. The van der Waals surface area contributed by atoms with E-state index in [1.165, 1.54) is 24.3 Å². The number of hydrogen-bond donors (Lipinski definition) is 0. The maximum atomic E-state index is 13.9. The highest BCUT2D eigenvalue weighted by Crippen LogP contribution is 2.44. The van der Waals surface area contributed by atoms with Crippen LogP contribution in [0.1, 0.15) is 19.4 Å². The van der Waals surface area contributed by atoms with Crippen molar-refractivity contribution in [1.29, 1.82) is 0 Å². The third kappa shape index (κ3) is 5.29. The molecule has 0 bridgehead atoms. The van der Waals surface area contributed by atoms with Crippen molar-refractivity contribution >= 4 is 10.1 Å². The fourth-order valence-electron chi connectivity index (χ4n) is 3.44. The maximum absolute atomic E-state index is 13.9. The van der Waals surface area contributed by atoms with Crippen LogP contribution in [0.25, 0.3) is 11.1 Å². The van der Waals surface area contributed by atoms with Crippen molar-refractivity contribution in [2.45, 2.75) is 37.9 Å². The molecule has 8 heteroatoms. The second-order valence-corrected chi connectivity index (χ2v) is 9.66. The van der Waals surface area contributed by atoms with E-state index >= 15 is 0 Å². The summed E-state index contributed by atoms with van der Waals surface area (Å²) in [5.74, 6) is 0.890. The molecule has 33 heavy (non-hydrogen) atoms. The predicted molar refractivity (Wildman–Crippen MR) is 122 cm³/mol. The lowest BCUT2D eigenvalue weighted by atomic mass is 10.0. The Bertz CT molecular complexity index is 1240. The van der Waals surface area contributed by atoms with Gasteiger partial charge in [-0.1, -0.05) is 29.8 Å². The SMILES string of the molecule is Cc1ccc(S(=O)(=O)OC[C@H]2COc3cccc(-c4ccc(F)cc4OC(C)C)c3O2)cc1. The zero-order valence-electron chi connectivity index (χ0n) is 18.6. The largest absolute Gasteiger partial charge is 0.490 e. The lowest BCUT2D eigenvalue weighted by molar-refractivity contribution is 0.0561. The average molecular weight is 473 g/mol. The fraction of sp³-hybridized carbons (Fsp3) is 0.280. The molecule has 1 aliphatic rings. The molecule has 1 heterocycles. The Kier molecular flexibility index (Phi) is 6.58. The van der Waals surface area contributed by atoms with E-state index in [-0.39, 0.29) is 24.2 Å². The van der Waals surface area contributed by atoms with Crippen molar-refractivity contribution in [3.05, 3.63) is 72.0 Å². The predicted octanol–water partition coefficient (Wildman–Crippen LogP) is 5.13. The van der Waals surface area contributed by atoms with Crippen LogP contribution < -0.4 is 14.2 Å². The van der Waals surface area contributed by atoms with Crippen molar-refractivity contribution < 1.29 is 31.2 Å². The van der Waals surface area contributed by atoms with Crippen LogP contribution in [0.15, 0.2) is 65.6 Å². The molecule has 0 aliphatic carbocycles. The summed E-state index contributed by atoms with van der Waals surface area (Å²) >= 11 is 0. The molecule has 3 aromatic rings. The van der Waals surface area contributed by atoms with Gasteiger partial charge in [-0.25, -0.2) is 4.39 Å². The van der Waals surface area contributed by atoms with Crippen molar-refractivity contribution in [2.24, 2.45) is 0 Å². The molecule has 0 spiro atoms. The van der Waals surface area contributed by atoms with E-state index in [2.05, 4.69) is 0 Å². The number of aryl methyl sites for hydroxylation is 1. The third-order valence-corrected chi connectivity index (χ3v) is 6.30. The van der Waals surface area contributed by atoms with Crippen LogP contribution in [-0.4, -0.2) is 33.8 Å². The number of fused-ring (bicyclic) bond motifs is 1. The van der Waals surface area contributed by atoms with Gasteiger partial charge >= 0.3 is 0 Å². The highest BCUT2D eigenvalue weighted by Gasteiger charge is 2.28. The molecule has 4 rings (SSSR count). The quantitative estimate of drug-likeness (QED) is 0.444. The van der Waals surface area contributed by atoms with Crippen LogP contribution in [0.2, 0.25) is 0 Å². The number of rotatable bonds is 7. The normalized spacial score (nSPS) is 15.5. The molecule has 0 saturated carbocycles. The van der Waals surface area contributed by atoms with Crippen molar-refractivity contribution in [2.75, 3.05) is 13.2 Å². The highest BCUT2D eigenvalue weighted by molar-refractivity contribution is 7.86. The van der Waals surface area contributed by atoms with Gasteiger partial charge in [0, 0.05) is 17.2 Å². The van der Waals surface area contributed by atoms with Crippen LogP contribution in [0.3, 0.4) is 0 Å². The zero-order chi connectivity index (χ0) is 23.6. The number of benzene rings is 3. The molecule has 0 unspecified atom stereocenters. The summed E-state index contributed by atoms with van der Waals surface area (Å²) < 4.78 is 61.9. The molecule has 174 valence electrons. The van der Waals surface area contributed by atoms with Gasteiger partial charge < -0.3 is 14.2 Å². The number of ether oxygens (including phenoxy) is 3. The Hall–Kier alpha value is -3.10. The Morgan fingerprint density at radius 2 is 1.82 bits per heavy atom. The van der Waals surface area contributed by atoms with Crippen molar-refractivity contribution in [3.8, 4) is 28.4 Å². The minimum absolute atomic E-state index is 0.0766. The second kappa shape index (κ2) is 9.41. The van der Waals surface area contributed by atoms with E-state index in [0.717, 1.165) is 5.56 Å². The molecule has 0 N–H and O–H groups in total. The Balaban J connectivity index is 1.57. The lowest BCUT2D eigenvalue weighted by Gasteiger charge is -2.28. The topological polar surface area (TPSA) is 71.1 Å². The van der Waals surface area contributed by atoms with Crippen LogP contribution in [0.4, 0.5) is 4.39 Å².